The Hall–Kier alpha value is -8.02. The van der Waals surface area contributed by atoms with Crippen molar-refractivity contribution in [3.63, 3.8) is 0 Å². The number of nitrogens with zero attached hydrogens (tertiary/aromatic N) is 4. The SMILES string of the molecule is c1ccc(-c2nc(-c3ccc(-n4c5ccccc5c5ccc6c(c7ccc8oc9ccccc9c8c7n6-c6cccc7ccccc67)c54)cc3)nc3ccccc23)cc1. The highest BCUT2D eigenvalue weighted by Crippen LogP contribution is 2.46. The van der Waals surface area contributed by atoms with Crippen molar-refractivity contribution in [2.45, 2.75) is 0 Å². The van der Waals surface area contributed by atoms with Crippen molar-refractivity contribution in [2.24, 2.45) is 0 Å². The quantitative estimate of drug-likeness (QED) is 0.180. The summed E-state index contributed by atoms with van der Waals surface area (Å²) in [5.74, 6) is 0.702. The van der Waals surface area contributed by atoms with Gasteiger partial charge in [-0.1, -0.05) is 127 Å². The lowest BCUT2D eigenvalue weighted by atomic mass is 10.1. The van der Waals surface area contributed by atoms with E-state index in [1.54, 1.807) is 0 Å². The lowest BCUT2D eigenvalue weighted by Crippen LogP contribution is -1.97. The molecule has 13 aromatic rings. The van der Waals surface area contributed by atoms with E-state index in [-0.39, 0.29) is 0 Å². The molecule has 59 heavy (non-hydrogen) atoms. The summed E-state index contributed by atoms with van der Waals surface area (Å²) < 4.78 is 11.5. The molecule has 0 aliphatic carbocycles. The first-order valence-electron chi connectivity index (χ1n) is 20.0. The van der Waals surface area contributed by atoms with Crippen molar-refractivity contribution in [2.75, 3.05) is 0 Å². The number of aromatic nitrogens is 4. The van der Waals surface area contributed by atoms with Crippen LogP contribution < -0.4 is 0 Å². The van der Waals surface area contributed by atoms with E-state index in [1.165, 1.54) is 37.8 Å². The fraction of sp³-hybridized carbons (Fsp3) is 0. The van der Waals surface area contributed by atoms with Crippen LogP contribution in [0.2, 0.25) is 0 Å². The van der Waals surface area contributed by atoms with E-state index < -0.39 is 0 Å². The summed E-state index contributed by atoms with van der Waals surface area (Å²) >= 11 is 0. The number of hydrogen-bond acceptors (Lipinski definition) is 3. The zero-order chi connectivity index (χ0) is 38.6. The second-order valence-corrected chi connectivity index (χ2v) is 15.3. The summed E-state index contributed by atoms with van der Waals surface area (Å²) in [7, 11) is 0. The van der Waals surface area contributed by atoms with E-state index in [0.29, 0.717) is 5.82 Å². The van der Waals surface area contributed by atoms with E-state index >= 15 is 0 Å². The zero-order valence-corrected chi connectivity index (χ0v) is 31.7. The van der Waals surface area contributed by atoms with Crippen LogP contribution in [0.15, 0.2) is 199 Å². The number of para-hydroxylation sites is 3. The van der Waals surface area contributed by atoms with Gasteiger partial charge in [0.15, 0.2) is 5.82 Å². The minimum atomic E-state index is 0.702. The highest BCUT2D eigenvalue weighted by atomic mass is 16.3. The van der Waals surface area contributed by atoms with Gasteiger partial charge in [-0.3, -0.25) is 0 Å². The van der Waals surface area contributed by atoms with Crippen molar-refractivity contribution < 1.29 is 4.42 Å². The molecule has 9 aromatic carbocycles. The minimum absolute atomic E-state index is 0.702. The van der Waals surface area contributed by atoms with Gasteiger partial charge in [-0.25, -0.2) is 9.97 Å². The molecule has 0 atom stereocenters. The standard InChI is InChI=1S/C54H32N4O/c1-2-14-34(15-3-1)51-40-19-6-9-21-43(40)55-54(56-51)35-25-27-36(28-26-35)57-45-22-10-7-18-38(45)39-29-31-46-49(52(39)57)42-30-32-48-50(41-20-8-11-24-47(41)59-48)53(42)58(46)44-23-12-16-33-13-4-5-17-37(33)44/h1-32H. The molecular weight excluding hydrogens is 721 g/mol. The molecule has 5 heteroatoms. The molecule has 4 aromatic heterocycles. The Balaban J connectivity index is 1.11. The molecule has 13 rings (SSSR count). The van der Waals surface area contributed by atoms with Crippen LogP contribution >= 0.6 is 0 Å². The second-order valence-electron chi connectivity index (χ2n) is 15.3. The van der Waals surface area contributed by atoms with Gasteiger partial charge in [-0.15, -0.1) is 0 Å². The van der Waals surface area contributed by atoms with Gasteiger partial charge in [-0.05, 0) is 72.1 Å². The van der Waals surface area contributed by atoms with Crippen molar-refractivity contribution in [1.82, 2.24) is 19.1 Å². The third-order valence-electron chi connectivity index (χ3n) is 12.1. The molecule has 0 radical (unpaired) electrons. The molecule has 4 heterocycles. The molecule has 5 nitrogen and oxygen atoms in total. The van der Waals surface area contributed by atoms with Crippen molar-refractivity contribution in [3.05, 3.63) is 194 Å². The van der Waals surface area contributed by atoms with Crippen LogP contribution in [0.1, 0.15) is 0 Å². The van der Waals surface area contributed by atoms with E-state index in [4.69, 9.17) is 14.4 Å². The van der Waals surface area contributed by atoms with E-state index in [1.807, 2.05) is 18.2 Å². The molecule has 0 N–H and O–H groups in total. The Kier molecular flexibility index (Phi) is 6.66. The third kappa shape index (κ3) is 4.61. The molecule has 0 aliphatic rings. The Morgan fingerprint density at radius 3 is 1.95 bits per heavy atom. The molecule has 0 spiro atoms. The van der Waals surface area contributed by atoms with Gasteiger partial charge in [0.1, 0.15) is 11.2 Å². The van der Waals surface area contributed by atoms with Gasteiger partial charge >= 0.3 is 0 Å². The van der Waals surface area contributed by atoms with Crippen LogP contribution in [0.3, 0.4) is 0 Å². The number of fused-ring (bicyclic) bond motifs is 13. The van der Waals surface area contributed by atoms with Gasteiger partial charge in [0.2, 0.25) is 0 Å². The molecule has 0 aliphatic heterocycles. The molecule has 0 saturated heterocycles. The first kappa shape index (κ1) is 32.1. The van der Waals surface area contributed by atoms with Gasteiger partial charge in [0.05, 0.1) is 44.4 Å². The Morgan fingerprint density at radius 2 is 1.07 bits per heavy atom. The number of hydrogen-bond donors (Lipinski definition) is 0. The molecule has 0 unspecified atom stereocenters. The van der Waals surface area contributed by atoms with Crippen molar-refractivity contribution >= 4 is 87.2 Å². The topological polar surface area (TPSA) is 48.8 Å². The lowest BCUT2D eigenvalue weighted by molar-refractivity contribution is 0.669. The van der Waals surface area contributed by atoms with E-state index in [0.717, 1.165) is 77.6 Å². The average molecular weight is 753 g/mol. The monoisotopic (exact) mass is 752 g/mol. The molecule has 274 valence electrons. The van der Waals surface area contributed by atoms with E-state index in [2.05, 4.69) is 185 Å². The summed E-state index contributed by atoms with van der Waals surface area (Å²) in [6.45, 7) is 0. The average Bonchev–Trinajstić information content (AvgIpc) is 3.96. The molecule has 0 bridgehead atoms. The first-order valence-corrected chi connectivity index (χ1v) is 20.0. The summed E-state index contributed by atoms with van der Waals surface area (Å²) in [5.41, 5.74) is 12.5. The van der Waals surface area contributed by atoms with E-state index in [9.17, 15) is 0 Å². The maximum absolute atomic E-state index is 6.54. The molecule has 0 amide bonds. The summed E-state index contributed by atoms with van der Waals surface area (Å²) in [4.78, 5) is 10.2. The van der Waals surface area contributed by atoms with Crippen molar-refractivity contribution in [3.8, 4) is 34.0 Å². The normalized spacial score (nSPS) is 12.1. The second kappa shape index (κ2) is 12.2. The fourth-order valence-electron chi connectivity index (χ4n) is 9.55. The molecular formula is C54H32N4O. The lowest BCUT2D eigenvalue weighted by Gasteiger charge is -2.13. The Bertz CT molecular complexity index is 3830. The number of benzene rings is 9. The summed E-state index contributed by atoms with van der Waals surface area (Å²) in [6.07, 6.45) is 0. The third-order valence-corrected chi connectivity index (χ3v) is 12.1. The maximum Gasteiger partial charge on any atom is 0.160 e. The number of rotatable bonds is 4. The van der Waals surface area contributed by atoms with Crippen LogP contribution in [-0.4, -0.2) is 19.1 Å². The fourth-order valence-corrected chi connectivity index (χ4v) is 9.55. The van der Waals surface area contributed by atoms with Gasteiger partial charge in [-0.2, -0.15) is 0 Å². The zero-order valence-electron chi connectivity index (χ0n) is 31.7. The highest BCUT2D eigenvalue weighted by molar-refractivity contribution is 6.31. The highest BCUT2D eigenvalue weighted by Gasteiger charge is 2.24. The summed E-state index contributed by atoms with van der Waals surface area (Å²) in [6, 6.07) is 68.9. The van der Waals surface area contributed by atoms with Crippen LogP contribution in [0.4, 0.5) is 0 Å². The molecule has 0 fully saturated rings. The van der Waals surface area contributed by atoms with Gasteiger partial charge < -0.3 is 13.6 Å². The summed E-state index contributed by atoms with van der Waals surface area (Å²) in [5, 5.41) is 10.4. The predicted molar refractivity (Wildman–Crippen MR) is 244 cm³/mol. The van der Waals surface area contributed by atoms with Crippen molar-refractivity contribution in [1.29, 1.82) is 0 Å². The predicted octanol–water partition coefficient (Wildman–Crippen LogP) is 14.2. The largest absolute Gasteiger partial charge is 0.456 e. The van der Waals surface area contributed by atoms with Crippen LogP contribution in [0, 0.1) is 0 Å². The van der Waals surface area contributed by atoms with Crippen LogP contribution in [0.5, 0.6) is 0 Å². The number of furan rings is 1. The van der Waals surface area contributed by atoms with Gasteiger partial charge in [0.25, 0.3) is 0 Å². The smallest absolute Gasteiger partial charge is 0.160 e. The van der Waals surface area contributed by atoms with Gasteiger partial charge in [0, 0.05) is 54.5 Å². The van der Waals surface area contributed by atoms with Crippen LogP contribution in [-0.2, 0) is 0 Å². The van der Waals surface area contributed by atoms with Crippen LogP contribution in [0.25, 0.3) is 121 Å². The minimum Gasteiger partial charge on any atom is -0.456 e. The molecule has 0 saturated carbocycles. The Morgan fingerprint density at radius 1 is 0.373 bits per heavy atom. The Labute approximate surface area is 337 Å². The maximum atomic E-state index is 6.54. The first-order chi connectivity index (χ1) is 29.3.